The maximum Gasteiger partial charge on any atom is 0.251 e. The Morgan fingerprint density at radius 2 is 2.32 bits per heavy atom. The van der Waals surface area contributed by atoms with Gasteiger partial charge in [-0.1, -0.05) is 0 Å². The van der Waals surface area contributed by atoms with Gasteiger partial charge in [-0.25, -0.2) is 9.97 Å². The second-order valence-corrected chi connectivity index (χ2v) is 5.86. The van der Waals surface area contributed by atoms with Crippen molar-refractivity contribution in [2.75, 3.05) is 0 Å². The molecule has 1 amide bonds. The van der Waals surface area contributed by atoms with Gasteiger partial charge in [-0.2, -0.15) is 11.3 Å². The van der Waals surface area contributed by atoms with E-state index in [4.69, 9.17) is 0 Å². The average Bonchev–Trinajstić information content (AvgIpc) is 3.20. The van der Waals surface area contributed by atoms with Gasteiger partial charge in [0, 0.05) is 30.2 Å². The summed E-state index contributed by atoms with van der Waals surface area (Å²) in [7, 11) is 0. The van der Waals surface area contributed by atoms with Crippen molar-refractivity contribution < 1.29 is 4.79 Å². The van der Waals surface area contributed by atoms with Crippen LogP contribution in [0, 0.1) is 0 Å². The van der Waals surface area contributed by atoms with E-state index in [0.29, 0.717) is 11.4 Å². The molecule has 0 saturated carbocycles. The first-order valence-corrected chi connectivity index (χ1v) is 7.93. The van der Waals surface area contributed by atoms with Gasteiger partial charge < -0.3 is 5.32 Å². The molecule has 0 aliphatic heterocycles. The van der Waals surface area contributed by atoms with Gasteiger partial charge in [0.25, 0.3) is 5.91 Å². The fraction of sp³-hybridized carbons (Fsp3) is 0.188. The molecule has 22 heavy (non-hydrogen) atoms. The maximum atomic E-state index is 12.3. The Morgan fingerprint density at radius 3 is 3.05 bits per heavy atom. The number of carbonyl (C=O) groups is 1. The minimum absolute atomic E-state index is 0.0759. The Morgan fingerprint density at radius 1 is 1.41 bits per heavy atom. The van der Waals surface area contributed by atoms with Crippen LogP contribution >= 0.6 is 11.3 Å². The van der Waals surface area contributed by atoms with Crippen LogP contribution in [0.4, 0.5) is 0 Å². The van der Waals surface area contributed by atoms with Gasteiger partial charge in [0.2, 0.25) is 0 Å². The van der Waals surface area contributed by atoms with Crippen LogP contribution in [0.25, 0.3) is 5.82 Å². The van der Waals surface area contributed by atoms with Crippen LogP contribution in [0.2, 0.25) is 0 Å². The van der Waals surface area contributed by atoms with Gasteiger partial charge in [0.15, 0.2) is 0 Å². The van der Waals surface area contributed by atoms with Gasteiger partial charge >= 0.3 is 0 Å². The largest absolute Gasteiger partial charge is 0.349 e. The molecule has 0 radical (unpaired) electrons. The second-order valence-electron chi connectivity index (χ2n) is 5.08. The molecule has 112 valence electrons. The summed E-state index contributed by atoms with van der Waals surface area (Å²) in [6, 6.07) is 5.63. The Hall–Kier alpha value is -2.47. The Labute approximate surface area is 132 Å². The van der Waals surface area contributed by atoms with Crippen molar-refractivity contribution in [2.24, 2.45) is 0 Å². The van der Waals surface area contributed by atoms with E-state index < -0.39 is 0 Å². The Bertz CT molecular complexity index is 737. The lowest BCUT2D eigenvalue weighted by atomic mass is 10.1. The lowest BCUT2D eigenvalue weighted by molar-refractivity contribution is 0.0940. The minimum Gasteiger partial charge on any atom is -0.349 e. The van der Waals surface area contributed by atoms with Crippen molar-refractivity contribution in [1.82, 2.24) is 19.9 Å². The average molecular weight is 312 g/mol. The van der Waals surface area contributed by atoms with Crippen LogP contribution in [0.5, 0.6) is 0 Å². The van der Waals surface area contributed by atoms with E-state index in [1.807, 2.05) is 12.3 Å². The minimum atomic E-state index is -0.0912. The lowest BCUT2D eigenvalue weighted by Crippen LogP contribution is -2.34. The number of nitrogens with zero attached hydrogens (tertiary/aromatic N) is 3. The van der Waals surface area contributed by atoms with Gasteiger partial charge in [-0.15, -0.1) is 0 Å². The first kappa shape index (κ1) is 14.5. The number of nitrogens with one attached hydrogen (secondary N) is 1. The fourth-order valence-electron chi connectivity index (χ4n) is 2.22. The number of aromatic nitrogens is 3. The van der Waals surface area contributed by atoms with Crippen LogP contribution in [0.15, 0.2) is 53.9 Å². The summed E-state index contributed by atoms with van der Waals surface area (Å²) < 4.78 is 1.77. The zero-order valence-electron chi connectivity index (χ0n) is 12.1. The Kier molecular flexibility index (Phi) is 4.29. The molecule has 0 spiro atoms. The van der Waals surface area contributed by atoms with Crippen LogP contribution in [-0.2, 0) is 6.42 Å². The molecule has 0 fully saturated rings. The Balaban J connectivity index is 1.68. The highest BCUT2D eigenvalue weighted by atomic mass is 32.1. The second kappa shape index (κ2) is 6.53. The monoisotopic (exact) mass is 312 g/mol. The van der Waals surface area contributed by atoms with Crippen LogP contribution < -0.4 is 5.32 Å². The molecule has 0 aliphatic carbocycles. The predicted molar refractivity (Wildman–Crippen MR) is 86.3 cm³/mol. The van der Waals surface area contributed by atoms with Crippen molar-refractivity contribution in [1.29, 1.82) is 0 Å². The quantitative estimate of drug-likeness (QED) is 0.788. The number of pyridine rings is 1. The van der Waals surface area contributed by atoms with Crippen molar-refractivity contribution in [3.05, 3.63) is 65.0 Å². The number of hydrogen-bond acceptors (Lipinski definition) is 4. The molecule has 3 rings (SSSR count). The van der Waals surface area contributed by atoms with Gasteiger partial charge in [-0.3, -0.25) is 9.36 Å². The highest BCUT2D eigenvalue weighted by Gasteiger charge is 2.12. The number of hydrogen-bond donors (Lipinski definition) is 1. The third-order valence-electron chi connectivity index (χ3n) is 3.28. The predicted octanol–water partition coefficient (Wildman–Crippen LogP) is 2.69. The number of thiophene rings is 1. The standard InChI is InChI=1S/C16H16N4OS/c1-12(8-13-3-7-22-10-13)19-16(21)14-2-4-18-15(9-14)20-6-5-17-11-20/h2-7,9-12H,8H2,1H3,(H,19,21)/t12-/m1/s1. The molecule has 6 heteroatoms. The number of rotatable bonds is 5. The third-order valence-corrected chi connectivity index (χ3v) is 4.01. The summed E-state index contributed by atoms with van der Waals surface area (Å²) >= 11 is 1.67. The molecule has 3 heterocycles. The number of imidazole rings is 1. The van der Waals surface area contributed by atoms with E-state index in [9.17, 15) is 4.79 Å². The SMILES string of the molecule is C[C@H](Cc1ccsc1)NC(=O)c1ccnc(-n2ccnc2)c1. The smallest absolute Gasteiger partial charge is 0.251 e. The van der Waals surface area contributed by atoms with Crippen molar-refractivity contribution in [3.63, 3.8) is 0 Å². The van der Waals surface area contributed by atoms with E-state index in [0.717, 1.165) is 6.42 Å². The summed E-state index contributed by atoms with van der Waals surface area (Å²) in [5, 5.41) is 7.17. The van der Waals surface area contributed by atoms with Gasteiger partial charge in [-0.05, 0) is 47.9 Å². The molecule has 1 atom stereocenters. The van der Waals surface area contributed by atoms with Crippen molar-refractivity contribution >= 4 is 17.2 Å². The van der Waals surface area contributed by atoms with Crippen LogP contribution in [-0.4, -0.2) is 26.5 Å². The zero-order valence-corrected chi connectivity index (χ0v) is 13.0. The molecule has 3 aromatic rings. The van der Waals surface area contributed by atoms with E-state index in [-0.39, 0.29) is 11.9 Å². The van der Waals surface area contributed by atoms with Crippen molar-refractivity contribution in [3.8, 4) is 5.82 Å². The summed E-state index contributed by atoms with van der Waals surface area (Å²) in [4.78, 5) is 20.6. The van der Waals surface area contributed by atoms with Crippen LogP contribution in [0.3, 0.4) is 0 Å². The highest BCUT2D eigenvalue weighted by Crippen LogP contribution is 2.10. The third kappa shape index (κ3) is 3.40. The molecule has 0 aromatic carbocycles. The molecule has 5 nitrogen and oxygen atoms in total. The number of amides is 1. The summed E-state index contributed by atoms with van der Waals surface area (Å²) in [6.07, 6.45) is 7.59. The highest BCUT2D eigenvalue weighted by molar-refractivity contribution is 7.07. The summed E-state index contributed by atoms with van der Waals surface area (Å²) in [5.74, 6) is 0.585. The van der Waals surface area contributed by atoms with Gasteiger partial charge in [0.05, 0.1) is 0 Å². The first-order valence-electron chi connectivity index (χ1n) is 6.98. The summed E-state index contributed by atoms with van der Waals surface area (Å²) in [5.41, 5.74) is 1.84. The molecule has 3 aromatic heterocycles. The maximum absolute atomic E-state index is 12.3. The van der Waals surface area contributed by atoms with Gasteiger partial charge in [0.1, 0.15) is 12.1 Å². The zero-order chi connectivity index (χ0) is 15.4. The van der Waals surface area contributed by atoms with E-state index in [2.05, 4.69) is 26.7 Å². The molecule has 1 N–H and O–H groups in total. The van der Waals surface area contributed by atoms with Crippen molar-refractivity contribution in [2.45, 2.75) is 19.4 Å². The van der Waals surface area contributed by atoms with E-state index in [1.165, 1.54) is 5.56 Å². The molecule has 0 saturated heterocycles. The molecular formula is C16H16N4OS. The fourth-order valence-corrected chi connectivity index (χ4v) is 2.90. The van der Waals surface area contributed by atoms with E-state index in [1.54, 1.807) is 53.0 Å². The molecular weight excluding hydrogens is 296 g/mol. The lowest BCUT2D eigenvalue weighted by Gasteiger charge is -2.13. The normalized spacial score (nSPS) is 12.0. The van der Waals surface area contributed by atoms with E-state index >= 15 is 0 Å². The van der Waals surface area contributed by atoms with Crippen LogP contribution in [0.1, 0.15) is 22.8 Å². The number of carbonyl (C=O) groups excluding carboxylic acids is 1. The molecule has 0 unspecified atom stereocenters. The molecule has 0 bridgehead atoms. The summed E-state index contributed by atoms with van der Waals surface area (Å²) in [6.45, 7) is 2.01. The first-order chi connectivity index (χ1) is 10.7. The molecule has 0 aliphatic rings. The topological polar surface area (TPSA) is 59.8 Å².